The number of carbonyl (C=O) groups is 1. The minimum absolute atomic E-state index is 0.119. The molecule has 2 fully saturated rings. The minimum atomic E-state index is -0.401. The lowest BCUT2D eigenvalue weighted by Gasteiger charge is -2.31. The Bertz CT molecular complexity index is 244. The highest BCUT2D eigenvalue weighted by atomic mass is 16.5. The Morgan fingerprint density at radius 3 is 3.07 bits per heavy atom. The van der Waals surface area contributed by atoms with Crippen LogP contribution in [0.3, 0.4) is 0 Å². The smallest absolute Gasteiger partial charge is 0.326 e. The van der Waals surface area contributed by atoms with Gasteiger partial charge in [0.05, 0.1) is 13.7 Å². The van der Waals surface area contributed by atoms with E-state index in [4.69, 9.17) is 4.74 Å². The predicted molar refractivity (Wildman–Crippen MR) is 50.8 cm³/mol. The molecule has 2 aliphatic heterocycles. The number of aliphatic hydroxyl groups excluding tert-OH is 1. The first-order valence-electron chi connectivity index (χ1n) is 5.20. The maximum Gasteiger partial charge on any atom is 0.326 e. The number of fused-ring (bicyclic) bond motifs is 1. The van der Waals surface area contributed by atoms with Crippen LogP contribution >= 0.6 is 0 Å². The third-order valence-corrected chi connectivity index (χ3v) is 3.65. The molecule has 0 aromatic heterocycles. The zero-order chi connectivity index (χ0) is 10.2. The lowest BCUT2D eigenvalue weighted by Crippen LogP contribution is -2.49. The Kier molecular flexibility index (Phi) is 2.49. The van der Waals surface area contributed by atoms with E-state index in [9.17, 15) is 9.90 Å². The number of nitrogens with zero attached hydrogens (tertiary/aromatic N) is 1. The van der Waals surface area contributed by atoms with Gasteiger partial charge in [0, 0.05) is 6.04 Å². The molecular formula is C10H17NO3. The van der Waals surface area contributed by atoms with Gasteiger partial charge >= 0.3 is 5.97 Å². The topological polar surface area (TPSA) is 49.8 Å². The molecule has 2 atom stereocenters. The van der Waals surface area contributed by atoms with Crippen molar-refractivity contribution in [3.8, 4) is 0 Å². The molecule has 0 spiro atoms. The maximum atomic E-state index is 11.7. The van der Waals surface area contributed by atoms with E-state index in [1.807, 2.05) is 0 Å². The molecule has 2 heterocycles. The van der Waals surface area contributed by atoms with Gasteiger partial charge in [0.2, 0.25) is 0 Å². The van der Waals surface area contributed by atoms with E-state index in [0.29, 0.717) is 0 Å². The Morgan fingerprint density at radius 2 is 2.43 bits per heavy atom. The summed E-state index contributed by atoms with van der Waals surface area (Å²) in [5.74, 6) is -0.119. The van der Waals surface area contributed by atoms with Gasteiger partial charge in [-0.05, 0) is 32.2 Å². The summed E-state index contributed by atoms with van der Waals surface area (Å²) in [5, 5.41) is 9.19. The maximum absolute atomic E-state index is 11.7. The van der Waals surface area contributed by atoms with Crippen LogP contribution in [0.4, 0.5) is 0 Å². The van der Waals surface area contributed by atoms with E-state index in [-0.39, 0.29) is 18.6 Å². The highest BCUT2D eigenvalue weighted by molar-refractivity contribution is 5.81. The standard InChI is InChI=1S/C10H17NO3/c1-14-9(13)10-4-2-6-11(10)8(7-12)3-5-10/h8,12H,2-7H2,1H3. The highest BCUT2D eigenvalue weighted by Crippen LogP contribution is 2.42. The van der Waals surface area contributed by atoms with Crippen LogP contribution in [0.1, 0.15) is 25.7 Å². The largest absolute Gasteiger partial charge is 0.468 e. The Labute approximate surface area is 83.8 Å². The third-order valence-electron chi connectivity index (χ3n) is 3.65. The molecule has 0 radical (unpaired) electrons. The van der Waals surface area contributed by atoms with Gasteiger partial charge in [0.1, 0.15) is 5.54 Å². The second kappa shape index (κ2) is 3.51. The van der Waals surface area contributed by atoms with E-state index in [2.05, 4.69) is 4.90 Å². The molecule has 80 valence electrons. The molecule has 0 aliphatic carbocycles. The number of carbonyl (C=O) groups excluding carboxylic acids is 1. The fourth-order valence-corrected chi connectivity index (χ4v) is 2.96. The third kappa shape index (κ3) is 1.17. The van der Waals surface area contributed by atoms with Gasteiger partial charge < -0.3 is 9.84 Å². The van der Waals surface area contributed by atoms with Gasteiger partial charge in [-0.1, -0.05) is 0 Å². The van der Waals surface area contributed by atoms with Crippen molar-refractivity contribution in [2.45, 2.75) is 37.3 Å². The second-order valence-electron chi connectivity index (χ2n) is 4.20. The van der Waals surface area contributed by atoms with Crippen LogP contribution in [-0.2, 0) is 9.53 Å². The van der Waals surface area contributed by atoms with E-state index in [1.54, 1.807) is 0 Å². The molecule has 2 rings (SSSR count). The van der Waals surface area contributed by atoms with Crippen LogP contribution in [0, 0.1) is 0 Å². The van der Waals surface area contributed by atoms with Crippen molar-refractivity contribution < 1.29 is 14.6 Å². The summed E-state index contributed by atoms with van der Waals surface area (Å²) < 4.78 is 4.87. The van der Waals surface area contributed by atoms with Gasteiger partial charge in [0.25, 0.3) is 0 Å². The number of rotatable bonds is 2. The van der Waals surface area contributed by atoms with Crippen molar-refractivity contribution in [3.63, 3.8) is 0 Å². The highest BCUT2D eigenvalue weighted by Gasteiger charge is 2.54. The first-order valence-corrected chi connectivity index (χ1v) is 5.20. The fraction of sp³-hybridized carbons (Fsp3) is 0.900. The van der Waals surface area contributed by atoms with Gasteiger partial charge in [0.15, 0.2) is 0 Å². The average Bonchev–Trinajstić information content (AvgIpc) is 2.74. The molecule has 4 heteroatoms. The van der Waals surface area contributed by atoms with Crippen molar-refractivity contribution in [3.05, 3.63) is 0 Å². The van der Waals surface area contributed by atoms with Crippen molar-refractivity contribution in [1.29, 1.82) is 0 Å². The molecule has 2 unspecified atom stereocenters. The van der Waals surface area contributed by atoms with Crippen molar-refractivity contribution in [2.24, 2.45) is 0 Å². The van der Waals surface area contributed by atoms with Gasteiger partial charge in [-0.25, -0.2) is 0 Å². The molecule has 4 nitrogen and oxygen atoms in total. The summed E-state index contributed by atoms with van der Waals surface area (Å²) in [6.45, 7) is 1.07. The lowest BCUT2D eigenvalue weighted by atomic mass is 9.94. The van der Waals surface area contributed by atoms with Crippen LogP contribution in [-0.4, -0.2) is 47.8 Å². The summed E-state index contributed by atoms with van der Waals surface area (Å²) in [5.41, 5.74) is -0.401. The van der Waals surface area contributed by atoms with E-state index >= 15 is 0 Å². The summed E-state index contributed by atoms with van der Waals surface area (Å²) in [6, 6.07) is 0.164. The molecule has 0 bridgehead atoms. The number of esters is 1. The van der Waals surface area contributed by atoms with Crippen molar-refractivity contribution in [2.75, 3.05) is 20.3 Å². The molecule has 0 aromatic carbocycles. The van der Waals surface area contributed by atoms with Gasteiger partial charge in [-0.3, -0.25) is 9.69 Å². The summed E-state index contributed by atoms with van der Waals surface area (Å²) in [4.78, 5) is 13.9. The van der Waals surface area contributed by atoms with Crippen LogP contribution in [0.15, 0.2) is 0 Å². The zero-order valence-electron chi connectivity index (χ0n) is 8.53. The van der Waals surface area contributed by atoms with E-state index in [0.717, 1.165) is 32.2 Å². The number of aliphatic hydroxyl groups is 1. The van der Waals surface area contributed by atoms with Gasteiger partial charge in [-0.15, -0.1) is 0 Å². The molecule has 2 aliphatic rings. The van der Waals surface area contributed by atoms with E-state index in [1.165, 1.54) is 7.11 Å². The molecule has 1 N–H and O–H groups in total. The Balaban J connectivity index is 2.22. The molecule has 0 aromatic rings. The normalized spacial score (nSPS) is 37.1. The molecule has 14 heavy (non-hydrogen) atoms. The van der Waals surface area contributed by atoms with Crippen molar-refractivity contribution >= 4 is 5.97 Å². The molecule has 0 amide bonds. The summed E-state index contributed by atoms with van der Waals surface area (Å²) >= 11 is 0. The number of methoxy groups -OCH3 is 1. The summed E-state index contributed by atoms with van der Waals surface area (Å²) in [7, 11) is 1.44. The Morgan fingerprint density at radius 1 is 1.64 bits per heavy atom. The number of hydrogen-bond donors (Lipinski definition) is 1. The fourth-order valence-electron chi connectivity index (χ4n) is 2.96. The minimum Gasteiger partial charge on any atom is -0.468 e. The first-order chi connectivity index (χ1) is 6.74. The second-order valence-corrected chi connectivity index (χ2v) is 4.20. The predicted octanol–water partition coefficient (Wildman–Crippen LogP) is 0.149. The van der Waals surface area contributed by atoms with Crippen LogP contribution < -0.4 is 0 Å². The monoisotopic (exact) mass is 199 g/mol. The average molecular weight is 199 g/mol. The lowest BCUT2D eigenvalue weighted by molar-refractivity contribution is -0.152. The van der Waals surface area contributed by atoms with Gasteiger partial charge in [-0.2, -0.15) is 0 Å². The molecule has 0 saturated carbocycles. The Hall–Kier alpha value is -0.610. The zero-order valence-corrected chi connectivity index (χ0v) is 8.53. The van der Waals surface area contributed by atoms with Crippen LogP contribution in [0.25, 0.3) is 0 Å². The molecule has 2 saturated heterocycles. The number of hydrogen-bond acceptors (Lipinski definition) is 4. The SMILES string of the molecule is COC(=O)C12CCCN1C(CO)CC2. The summed E-state index contributed by atoms with van der Waals surface area (Å²) in [6.07, 6.45) is 3.66. The molecular weight excluding hydrogens is 182 g/mol. The first kappa shape index (κ1) is 9.93. The van der Waals surface area contributed by atoms with Crippen LogP contribution in [0.5, 0.6) is 0 Å². The number of ether oxygens (including phenoxy) is 1. The van der Waals surface area contributed by atoms with Crippen molar-refractivity contribution in [1.82, 2.24) is 4.90 Å². The quantitative estimate of drug-likeness (QED) is 0.643. The van der Waals surface area contributed by atoms with Crippen LogP contribution in [0.2, 0.25) is 0 Å². The van der Waals surface area contributed by atoms with E-state index < -0.39 is 5.54 Å².